The fraction of sp³-hybridized carbons (Fsp3) is 0.400. The molecule has 2 heteroatoms. The summed E-state index contributed by atoms with van der Waals surface area (Å²) in [5.41, 5.74) is 10.7. The summed E-state index contributed by atoms with van der Waals surface area (Å²) < 4.78 is 13.6. The monoisotopic (exact) mass is 297 g/mol. The van der Waals surface area contributed by atoms with Crippen molar-refractivity contribution in [3.8, 4) is 11.1 Å². The number of unbranched alkanes of at least 4 members (excludes halogenated alkanes) is 1. The second-order valence-electron chi connectivity index (χ2n) is 6.47. The van der Waals surface area contributed by atoms with Gasteiger partial charge in [-0.3, -0.25) is 0 Å². The highest BCUT2D eigenvalue weighted by molar-refractivity contribution is 5.67. The van der Waals surface area contributed by atoms with Gasteiger partial charge in [0, 0.05) is 0 Å². The standard InChI is InChI=1S/C20H24FN/c1-2-3-4-14-5-6-16-12-17(8-7-15(16)11-14)18-9-10-20(22)19(21)13-18/h7-10,12-14H,2-6,11,22H2,1H3. The summed E-state index contributed by atoms with van der Waals surface area (Å²) in [7, 11) is 0. The molecular weight excluding hydrogens is 273 g/mol. The third-order valence-electron chi connectivity index (χ3n) is 4.84. The predicted molar refractivity (Wildman–Crippen MR) is 91.3 cm³/mol. The van der Waals surface area contributed by atoms with Crippen LogP contribution in [0.15, 0.2) is 36.4 Å². The van der Waals surface area contributed by atoms with Crippen molar-refractivity contribution in [2.75, 3.05) is 5.73 Å². The first-order valence-corrected chi connectivity index (χ1v) is 8.34. The number of hydrogen-bond acceptors (Lipinski definition) is 1. The highest BCUT2D eigenvalue weighted by atomic mass is 19.1. The molecule has 22 heavy (non-hydrogen) atoms. The maximum absolute atomic E-state index is 13.6. The van der Waals surface area contributed by atoms with Gasteiger partial charge in [-0.05, 0) is 59.6 Å². The first-order valence-electron chi connectivity index (χ1n) is 8.34. The second kappa shape index (κ2) is 6.51. The van der Waals surface area contributed by atoms with Crippen LogP contribution in [0.4, 0.5) is 10.1 Å². The minimum atomic E-state index is -0.338. The molecule has 0 fully saturated rings. The number of halogens is 1. The van der Waals surface area contributed by atoms with Gasteiger partial charge in [0.2, 0.25) is 0 Å². The topological polar surface area (TPSA) is 26.0 Å². The van der Waals surface area contributed by atoms with Crippen molar-refractivity contribution in [1.82, 2.24) is 0 Å². The fourth-order valence-corrected chi connectivity index (χ4v) is 3.46. The van der Waals surface area contributed by atoms with Crippen LogP contribution in [-0.2, 0) is 12.8 Å². The van der Waals surface area contributed by atoms with E-state index in [1.165, 1.54) is 49.3 Å². The molecule has 2 aromatic carbocycles. The number of benzene rings is 2. The molecule has 1 nitrogen and oxygen atoms in total. The molecule has 3 rings (SSSR count). The molecule has 2 aromatic rings. The zero-order valence-corrected chi connectivity index (χ0v) is 13.2. The Hall–Kier alpha value is -1.83. The Kier molecular flexibility index (Phi) is 4.47. The van der Waals surface area contributed by atoms with Crippen LogP contribution in [0.25, 0.3) is 11.1 Å². The number of fused-ring (bicyclic) bond motifs is 1. The summed E-state index contributed by atoms with van der Waals surface area (Å²) in [4.78, 5) is 0. The first-order chi connectivity index (χ1) is 10.7. The molecule has 116 valence electrons. The Labute approximate surface area is 132 Å². The van der Waals surface area contributed by atoms with E-state index in [1.54, 1.807) is 6.07 Å². The van der Waals surface area contributed by atoms with Crippen molar-refractivity contribution in [2.24, 2.45) is 5.92 Å². The number of hydrogen-bond donors (Lipinski definition) is 1. The summed E-state index contributed by atoms with van der Waals surface area (Å²) in [5.74, 6) is 0.502. The Bertz CT molecular complexity index is 663. The third-order valence-corrected chi connectivity index (χ3v) is 4.84. The van der Waals surface area contributed by atoms with E-state index in [0.29, 0.717) is 0 Å². The van der Waals surface area contributed by atoms with Crippen molar-refractivity contribution < 1.29 is 4.39 Å². The van der Waals surface area contributed by atoms with Crippen LogP contribution in [0.5, 0.6) is 0 Å². The van der Waals surface area contributed by atoms with Gasteiger partial charge in [-0.2, -0.15) is 0 Å². The van der Waals surface area contributed by atoms with Crippen LogP contribution in [-0.4, -0.2) is 0 Å². The lowest BCUT2D eigenvalue weighted by atomic mass is 9.80. The Morgan fingerprint density at radius 3 is 2.64 bits per heavy atom. The SMILES string of the molecule is CCCCC1CCc2cc(-c3ccc(N)c(F)c3)ccc2C1. The lowest BCUT2D eigenvalue weighted by molar-refractivity contribution is 0.413. The lowest BCUT2D eigenvalue weighted by Crippen LogP contribution is -2.14. The minimum Gasteiger partial charge on any atom is -0.396 e. The van der Waals surface area contributed by atoms with Gasteiger partial charge >= 0.3 is 0 Å². The number of rotatable bonds is 4. The van der Waals surface area contributed by atoms with Gasteiger partial charge in [0.1, 0.15) is 5.82 Å². The van der Waals surface area contributed by atoms with Gasteiger partial charge in [0.05, 0.1) is 5.69 Å². The zero-order valence-electron chi connectivity index (χ0n) is 13.2. The highest BCUT2D eigenvalue weighted by Gasteiger charge is 2.18. The van der Waals surface area contributed by atoms with Gasteiger partial charge in [0.25, 0.3) is 0 Å². The first kappa shape index (κ1) is 15.1. The Morgan fingerprint density at radius 1 is 1.09 bits per heavy atom. The van der Waals surface area contributed by atoms with Gasteiger partial charge < -0.3 is 5.73 Å². The summed E-state index contributed by atoms with van der Waals surface area (Å²) in [6.07, 6.45) is 7.60. The highest BCUT2D eigenvalue weighted by Crippen LogP contribution is 2.32. The molecule has 0 heterocycles. The maximum Gasteiger partial charge on any atom is 0.146 e. The van der Waals surface area contributed by atoms with E-state index >= 15 is 0 Å². The molecule has 0 bridgehead atoms. The van der Waals surface area contributed by atoms with E-state index in [9.17, 15) is 4.39 Å². The van der Waals surface area contributed by atoms with Crippen molar-refractivity contribution in [1.29, 1.82) is 0 Å². The van der Waals surface area contributed by atoms with E-state index < -0.39 is 0 Å². The van der Waals surface area contributed by atoms with Gasteiger partial charge in [-0.15, -0.1) is 0 Å². The molecule has 0 saturated carbocycles. The van der Waals surface area contributed by atoms with Gasteiger partial charge in [-0.1, -0.05) is 50.5 Å². The number of aryl methyl sites for hydroxylation is 1. The average Bonchev–Trinajstić information content (AvgIpc) is 2.55. The number of nitrogens with two attached hydrogens (primary N) is 1. The third kappa shape index (κ3) is 3.16. The Balaban J connectivity index is 1.81. The van der Waals surface area contributed by atoms with Gasteiger partial charge in [0.15, 0.2) is 0 Å². The van der Waals surface area contributed by atoms with E-state index in [1.807, 2.05) is 6.07 Å². The molecular formula is C20H24FN. The van der Waals surface area contributed by atoms with Crippen LogP contribution in [0.2, 0.25) is 0 Å². The van der Waals surface area contributed by atoms with Crippen LogP contribution in [0.1, 0.15) is 43.7 Å². The summed E-state index contributed by atoms with van der Waals surface area (Å²) >= 11 is 0. The molecule has 0 aromatic heterocycles. The second-order valence-corrected chi connectivity index (χ2v) is 6.47. The van der Waals surface area contributed by atoms with Gasteiger partial charge in [-0.25, -0.2) is 4.39 Å². The van der Waals surface area contributed by atoms with E-state index in [-0.39, 0.29) is 11.5 Å². The van der Waals surface area contributed by atoms with Crippen LogP contribution in [0, 0.1) is 11.7 Å². The quantitative estimate of drug-likeness (QED) is 0.754. The molecule has 1 atom stereocenters. The van der Waals surface area contributed by atoms with E-state index in [4.69, 9.17) is 5.73 Å². The molecule has 0 spiro atoms. The molecule has 1 unspecified atom stereocenters. The predicted octanol–water partition coefficient (Wildman–Crippen LogP) is 5.37. The lowest BCUT2D eigenvalue weighted by Gasteiger charge is -2.25. The summed E-state index contributed by atoms with van der Waals surface area (Å²) in [5, 5.41) is 0. The molecule has 1 aliphatic carbocycles. The van der Waals surface area contributed by atoms with Crippen LogP contribution >= 0.6 is 0 Å². The molecule has 0 radical (unpaired) electrons. The Morgan fingerprint density at radius 2 is 1.86 bits per heavy atom. The normalized spacial score (nSPS) is 17.3. The summed E-state index contributed by atoms with van der Waals surface area (Å²) in [6, 6.07) is 11.7. The number of nitrogen functional groups attached to an aromatic ring is 1. The molecule has 1 aliphatic rings. The minimum absolute atomic E-state index is 0.209. The van der Waals surface area contributed by atoms with E-state index in [0.717, 1.165) is 23.5 Å². The maximum atomic E-state index is 13.6. The molecule has 0 aliphatic heterocycles. The van der Waals surface area contributed by atoms with Crippen LogP contribution < -0.4 is 5.73 Å². The zero-order chi connectivity index (χ0) is 15.5. The number of anilines is 1. The van der Waals surface area contributed by atoms with Crippen molar-refractivity contribution >= 4 is 5.69 Å². The fourth-order valence-electron chi connectivity index (χ4n) is 3.46. The van der Waals surface area contributed by atoms with Crippen molar-refractivity contribution in [2.45, 2.75) is 45.4 Å². The van der Waals surface area contributed by atoms with E-state index in [2.05, 4.69) is 25.1 Å². The molecule has 2 N–H and O–H groups in total. The van der Waals surface area contributed by atoms with Crippen molar-refractivity contribution in [3.63, 3.8) is 0 Å². The van der Waals surface area contributed by atoms with Crippen molar-refractivity contribution in [3.05, 3.63) is 53.3 Å². The average molecular weight is 297 g/mol. The summed E-state index contributed by atoms with van der Waals surface area (Å²) in [6.45, 7) is 2.26. The molecule has 0 amide bonds. The largest absolute Gasteiger partial charge is 0.396 e. The smallest absolute Gasteiger partial charge is 0.146 e. The molecule has 0 saturated heterocycles. The van der Waals surface area contributed by atoms with Crippen LogP contribution in [0.3, 0.4) is 0 Å².